The van der Waals surface area contributed by atoms with Crippen molar-refractivity contribution in [3.63, 3.8) is 0 Å². The molecular formula is C7H14O3. The van der Waals surface area contributed by atoms with Crippen molar-refractivity contribution in [1.29, 1.82) is 0 Å². The van der Waals surface area contributed by atoms with Crippen LogP contribution in [0.1, 0.15) is 27.2 Å². The highest BCUT2D eigenvalue weighted by molar-refractivity contribution is 5.75. The monoisotopic (exact) mass is 146 g/mol. The van der Waals surface area contributed by atoms with Gasteiger partial charge in [-0.1, -0.05) is 6.92 Å². The van der Waals surface area contributed by atoms with Crippen LogP contribution in [0.25, 0.3) is 0 Å². The molecular weight excluding hydrogens is 132 g/mol. The van der Waals surface area contributed by atoms with E-state index in [9.17, 15) is 4.79 Å². The van der Waals surface area contributed by atoms with E-state index in [2.05, 4.69) is 9.78 Å². The molecule has 0 amide bonds. The molecule has 0 radical (unpaired) electrons. The summed E-state index contributed by atoms with van der Waals surface area (Å²) in [6.07, 6.45) is 0.745. The molecule has 0 N–H and O–H groups in total. The number of carbonyl (C=O) groups excluding carboxylic acids is 1. The number of carbonyl (C=O) groups is 1. The van der Waals surface area contributed by atoms with Gasteiger partial charge in [-0.15, -0.1) is 0 Å². The van der Waals surface area contributed by atoms with Gasteiger partial charge in [0, 0.05) is 0 Å². The first-order valence-corrected chi connectivity index (χ1v) is 3.29. The van der Waals surface area contributed by atoms with E-state index in [4.69, 9.17) is 0 Å². The van der Waals surface area contributed by atoms with Crippen LogP contribution in [0, 0.1) is 5.41 Å². The van der Waals surface area contributed by atoms with Crippen LogP contribution >= 0.6 is 0 Å². The molecule has 0 heterocycles. The Bertz CT molecular complexity index is 118. The van der Waals surface area contributed by atoms with Crippen molar-refractivity contribution < 1.29 is 14.6 Å². The molecule has 0 spiro atoms. The molecule has 0 aromatic carbocycles. The Morgan fingerprint density at radius 3 is 2.30 bits per heavy atom. The lowest BCUT2D eigenvalue weighted by atomic mass is 9.91. The van der Waals surface area contributed by atoms with Crippen LogP contribution in [0.2, 0.25) is 0 Å². The molecule has 0 unspecified atom stereocenters. The second-order valence-corrected chi connectivity index (χ2v) is 2.77. The summed E-state index contributed by atoms with van der Waals surface area (Å²) in [5, 5.41) is 0. The third-order valence-corrected chi connectivity index (χ3v) is 1.60. The minimum Gasteiger partial charge on any atom is -0.298 e. The Kier molecular flexibility index (Phi) is 3.36. The van der Waals surface area contributed by atoms with E-state index in [0.717, 1.165) is 6.42 Å². The van der Waals surface area contributed by atoms with E-state index >= 15 is 0 Å². The standard InChI is InChI=1S/C7H14O3/c1-5-7(2,3)6(8)10-9-4/h5H2,1-4H3. The predicted molar refractivity (Wildman–Crippen MR) is 37.2 cm³/mol. The van der Waals surface area contributed by atoms with Gasteiger partial charge in [0.15, 0.2) is 0 Å². The maximum Gasteiger partial charge on any atom is 0.347 e. The fourth-order valence-corrected chi connectivity index (χ4v) is 0.333. The van der Waals surface area contributed by atoms with E-state index in [0.29, 0.717) is 0 Å². The number of hydrogen-bond acceptors (Lipinski definition) is 3. The normalized spacial score (nSPS) is 11.2. The first kappa shape index (κ1) is 9.43. The highest BCUT2D eigenvalue weighted by atomic mass is 17.2. The van der Waals surface area contributed by atoms with E-state index in [1.807, 2.05) is 20.8 Å². The third kappa shape index (κ3) is 2.35. The van der Waals surface area contributed by atoms with Crippen LogP contribution in [0.5, 0.6) is 0 Å². The van der Waals surface area contributed by atoms with Crippen molar-refractivity contribution >= 4 is 5.97 Å². The average molecular weight is 146 g/mol. The summed E-state index contributed by atoms with van der Waals surface area (Å²) in [5.74, 6) is -0.322. The topological polar surface area (TPSA) is 35.5 Å². The molecule has 3 heteroatoms. The highest BCUT2D eigenvalue weighted by Crippen LogP contribution is 2.21. The Hall–Kier alpha value is -0.570. The van der Waals surface area contributed by atoms with E-state index in [-0.39, 0.29) is 5.97 Å². The van der Waals surface area contributed by atoms with Crippen LogP contribution < -0.4 is 0 Å². The lowest BCUT2D eigenvalue weighted by molar-refractivity contribution is -0.263. The smallest absolute Gasteiger partial charge is 0.298 e. The zero-order valence-corrected chi connectivity index (χ0v) is 6.93. The molecule has 3 nitrogen and oxygen atoms in total. The van der Waals surface area contributed by atoms with Gasteiger partial charge in [0.1, 0.15) is 0 Å². The third-order valence-electron chi connectivity index (χ3n) is 1.60. The van der Waals surface area contributed by atoms with Crippen molar-refractivity contribution in [1.82, 2.24) is 0 Å². The first-order chi connectivity index (χ1) is 4.54. The highest BCUT2D eigenvalue weighted by Gasteiger charge is 2.27. The summed E-state index contributed by atoms with van der Waals surface area (Å²) in [4.78, 5) is 19.5. The van der Waals surface area contributed by atoms with E-state index < -0.39 is 5.41 Å². The summed E-state index contributed by atoms with van der Waals surface area (Å²) in [6, 6.07) is 0. The quantitative estimate of drug-likeness (QED) is 0.447. The van der Waals surface area contributed by atoms with Gasteiger partial charge in [0.2, 0.25) is 0 Å². The van der Waals surface area contributed by atoms with Gasteiger partial charge >= 0.3 is 5.97 Å². The Morgan fingerprint density at radius 1 is 1.50 bits per heavy atom. The van der Waals surface area contributed by atoms with E-state index in [1.54, 1.807) is 0 Å². The molecule has 0 aliphatic rings. The summed E-state index contributed by atoms with van der Waals surface area (Å²) in [6.45, 7) is 5.56. The molecule has 0 bridgehead atoms. The number of hydrogen-bond donors (Lipinski definition) is 0. The number of rotatable bonds is 3. The van der Waals surface area contributed by atoms with Crippen LogP contribution in [-0.4, -0.2) is 13.1 Å². The first-order valence-electron chi connectivity index (χ1n) is 3.29. The lowest BCUT2D eigenvalue weighted by Gasteiger charge is -2.17. The van der Waals surface area contributed by atoms with E-state index in [1.165, 1.54) is 7.11 Å². The van der Waals surface area contributed by atoms with Crippen molar-refractivity contribution in [3.8, 4) is 0 Å². The SMILES string of the molecule is CCC(C)(C)C(=O)OOC. The molecule has 0 aliphatic carbocycles. The van der Waals surface area contributed by atoms with Gasteiger partial charge in [-0.3, -0.25) is 4.89 Å². The molecule has 0 fully saturated rings. The molecule has 0 aliphatic heterocycles. The summed E-state index contributed by atoms with van der Waals surface area (Å²) >= 11 is 0. The lowest BCUT2D eigenvalue weighted by Crippen LogP contribution is -2.25. The van der Waals surface area contributed by atoms with Crippen molar-refractivity contribution in [2.24, 2.45) is 5.41 Å². The molecule has 0 aromatic heterocycles. The van der Waals surface area contributed by atoms with Gasteiger partial charge in [-0.05, 0) is 20.3 Å². The zero-order valence-electron chi connectivity index (χ0n) is 6.93. The Balaban J connectivity index is 3.91. The van der Waals surface area contributed by atoms with Gasteiger partial charge in [0.25, 0.3) is 0 Å². The molecule has 0 atom stereocenters. The summed E-state index contributed by atoms with van der Waals surface area (Å²) < 4.78 is 0. The molecule has 0 aromatic rings. The van der Waals surface area contributed by atoms with Crippen molar-refractivity contribution in [3.05, 3.63) is 0 Å². The van der Waals surface area contributed by atoms with Crippen LogP contribution in [0.4, 0.5) is 0 Å². The average Bonchev–Trinajstić information content (AvgIpc) is 1.89. The minimum atomic E-state index is -0.435. The molecule has 60 valence electrons. The fourth-order valence-electron chi connectivity index (χ4n) is 0.333. The van der Waals surface area contributed by atoms with Crippen molar-refractivity contribution in [2.45, 2.75) is 27.2 Å². The predicted octanol–water partition coefficient (Wildman–Crippen LogP) is 1.53. The molecule has 0 saturated carbocycles. The second-order valence-electron chi connectivity index (χ2n) is 2.77. The van der Waals surface area contributed by atoms with Crippen LogP contribution in [0.15, 0.2) is 0 Å². The van der Waals surface area contributed by atoms with Gasteiger partial charge < -0.3 is 0 Å². The minimum absolute atomic E-state index is 0.322. The molecule has 0 saturated heterocycles. The fraction of sp³-hybridized carbons (Fsp3) is 0.857. The largest absolute Gasteiger partial charge is 0.347 e. The van der Waals surface area contributed by atoms with Gasteiger partial charge in [-0.2, -0.15) is 4.89 Å². The van der Waals surface area contributed by atoms with Crippen LogP contribution in [-0.2, 0) is 14.6 Å². The molecule has 10 heavy (non-hydrogen) atoms. The Morgan fingerprint density at radius 2 is 2.00 bits per heavy atom. The van der Waals surface area contributed by atoms with Crippen LogP contribution in [0.3, 0.4) is 0 Å². The zero-order chi connectivity index (χ0) is 8.20. The maximum atomic E-state index is 10.9. The van der Waals surface area contributed by atoms with Crippen molar-refractivity contribution in [2.75, 3.05) is 7.11 Å². The Labute approximate surface area is 61.2 Å². The second kappa shape index (κ2) is 3.56. The van der Waals surface area contributed by atoms with Gasteiger partial charge in [-0.25, -0.2) is 4.79 Å². The molecule has 0 rings (SSSR count). The maximum absolute atomic E-state index is 10.9. The summed E-state index contributed by atoms with van der Waals surface area (Å²) in [7, 11) is 1.32. The summed E-state index contributed by atoms with van der Waals surface area (Å²) in [5.41, 5.74) is -0.435. The van der Waals surface area contributed by atoms with Gasteiger partial charge in [0.05, 0.1) is 12.5 Å².